The van der Waals surface area contributed by atoms with Gasteiger partial charge >= 0.3 is 6.09 Å². The highest BCUT2D eigenvalue weighted by molar-refractivity contribution is 6.04. The maximum atomic E-state index is 13.1. The zero-order valence-corrected chi connectivity index (χ0v) is 19.7. The zero-order chi connectivity index (χ0) is 23.8. The number of hydrogen-bond acceptors (Lipinski definition) is 7. The van der Waals surface area contributed by atoms with E-state index in [2.05, 4.69) is 4.99 Å². The van der Waals surface area contributed by atoms with Gasteiger partial charge in [-0.3, -0.25) is 0 Å². The fourth-order valence-electron chi connectivity index (χ4n) is 3.79. The van der Waals surface area contributed by atoms with Gasteiger partial charge in [0, 0.05) is 10.9 Å². The molecule has 8 heteroatoms. The number of benzene rings is 2. The molecule has 1 unspecified atom stereocenters. The third-order valence-corrected chi connectivity index (χ3v) is 5.22. The molecule has 1 atom stereocenters. The Labute approximate surface area is 192 Å². The van der Waals surface area contributed by atoms with E-state index >= 15 is 0 Å². The molecule has 2 heterocycles. The molecule has 1 aliphatic heterocycles. The Balaban J connectivity index is 1.70. The second-order valence-corrected chi connectivity index (χ2v) is 8.62. The summed E-state index contributed by atoms with van der Waals surface area (Å²) in [7, 11) is 4.69. The van der Waals surface area contributed by atoms with Gasteiger partial charge in [0.15, 0.2) is 11.5 Å². The molecule has 1 aromatic heterocycles. The van der Waals surface area contributed by atoms with Crippen LogP contribution in [0.3, 0.4) is 0 Å². The number of rotatable bonds is 5. The summed E-state index contributed by atoms with van der Waals surface area (Å²) in [5, 5.41) is 0.890. The van der Waals surface area contributed by atoms with Crippen LogP contribution in [0.4, 0.5) is 4.79 Å². The van der Waals surface area contributed by atoms with Crippen molar-refractivity contribution in [3.8, 4) is 17.2 Å². The molecule has 0 bridgehead atoms. The van der Waals surface area contributed by atoms with Gasteiger partial charge < -0.3 is 23.7 Å². The normalized spacial score (nSPS) is 15.7. The average Bonchev–Trinajstić information content (AvgIpc) is 3.41. The molecule has 0 fully saturated rings. The number of methoxy groups -OCH3 is 3. The SMILES string of the molecule is COc1cc(C2CN=C(c3cc4ccccc4n3C(=O)OC(C)(C)C)O2)cc(OC)c1OC. The van der Waals surface area contributed by atoms with Crippen molar-refractivity contribution in [3.05, 3.63) is 53.7 Å². The maximum absolute atomic E-state index is 13.1. The van der Waals surface area contributed by atoms with Gasteiger partial charge in [-0.15, -0.1) is 0 Å². The monoisotopic (exact) mass is 452 g/mol. The number of hydrogen-bond donors (Lipinski definition) is 0. The predicted octanol–water partition coefficient (Wildman–Crippen LogP) is 4.97. The van der Waals surface area contributed by atoms with Gasteiger partial charge in [0.05, 0.1) is 33.4 Å². The lowest BCUT2D eigenvalue weighted by Gasteiger charge is -2.21. The van der Waals surface area contributed by atoms with Crippen LogP contribution in [-0.4, -0.2) is 50.0 Å². The van der Waals surface area contributed by atoms with Crippen molar-refractivity contribution >= 4 is 22.9 Å². The Morgan fingerprint density at radius 3 is 2.30 bits per heavy atom. The van der Waals surface area contributed by atoms with E-state index in [4.69, 9.17) is 23.7 Å². The van der Waals surface area contributed by atoms with Crippen molar-refractivity contribution in [1.29, 1.82) is 0 Å². The first-order chi connectivity index (χ1) is 15.8. The molecule has 3 aromatic rings. The number of nitrogens with zero attached hydrogens (tertiary/aromatic N) is 2. The van der Waals surface area contributed by atoms with E-state index in [-0.39, 0.29) is 6.10 Å². The van der Waals surface area contributed by atoms with Gasteiger partial charge in [0.1, 0.15) is 17.4 Å². The van der Waals surface area contributed by atoms with E-state index in [0.717, 1.165) is 16.5 Å². The second-order valence-electron chi connectivity index (χ2n) is 8.62. The number of aromatic nitrogens is 1. The molecule has 0 aliphatic carbocycles. The summed E-state index contributed by atoms with van der Waals surface area (Å²) in [6, 6.07) is 13.2. The summed E-state index contributed by atoms with van der Waals surface area (Å²) in [5.74, 6) is 1.95. The molecule has 33 heavy (non-hydrogen) atoms. The van der Waals surface area contributed by atoms with Crippen molar-refractivity contribution < 1.29 is 28.5 Å². The summed E-state index contributed by atoms with van der Waals surface area (Å²) in [4.78, 5) is 17.7. The molecule has 1 aliphatic rings. The molecule has 0 amide bonds. The summed E-state index contributed by atoms with van der Waals surface area (Å²) in [5.41, 5.74) is 1.45. The van der Waals surface area contributed by atoms with Gasteiger partial charge in [-0.05, 0) is 45.0 Å². The van der Waals surface area contributed by atoms with Crippen molar-refractivity contribution in [2.75, 3.05) is 27.9 Å². The Morgan fingerprint density at radius 2 is 1.70 bits per heavy atom. The average molecular weight is 453 g/mol. The van der Waals surface area contributed by atoms with Crippen LogP contribution >= 0.6 is 0 Å². The Morgan fingerprint density at radius 1 is 1.03 bits per heavy atom. The molecule has 4 rings (SSSR count). The van der Waals surface area contributed by atoms with Crippen LogP contribution in [0.25, 0.3) is 10.9 Å². The third kappa shape index (κ3) is 4.33. The number of carbonyl (C=O) groups is 1. The molecule has 0 radical (unpaired) electrons. The number of fused-ring (bicyclic) bond motifs is 1. The van der Waals surface area contributed by atoms with Crippen LogP contribution in [-0.2, 0) is 9.47 Å². The molecule has 174 valence electrons. The predicted molar refractivity (Wildman–Crippen MR) is 125 cm³/mol. The first-order valence-corrected chi connectivity index (χ1v) is 10.6. The number of para-hydroxylation sites is 1. The van der Waals surface area contributed by atoms with Crippen LogP contribution in [0.2, 0.25) is 0 Å². The van der Waals surface area contributed by atoms with Gasteiger partial charge in [-0.25, -0.2) is 14.4 Å². The van der Waals surface area contributed by atoms with Crippen LogP contribution in [0.1, 0.15) is 38.1 Å². The number of aliphatic imine (C=N–C) groups is 1. The number of carbonyl (C=O) groups excluding carboxylic acids is 1. The van der Waals surface area contributed by atoms with Crippen molar-refractivity contribution in [1.82, 2.24) is 4.57 Å². The highest BCUT2D eigenvalue weighted by Gasteiger charge is 2.30. The minimum Gasteiger partial charge on any atom is -0.493 e. The van der Waals surface area contributed by atoms with Crippen LogP contribution in [0.15, 0.2) is 47.5 Å². The summed E-state index contributed by atoms with van der Waals surface area (Å²) in [6.45, 7) is 5.88. The minimum atomic E-state index is -0.642. The summed E-state index contributed by atoms with van der Waals surface area (Å²) < 4.78 is 29.7. The van der Waals surface area contributed by atoms with Gasteiger partial charge in [-0.1, -0.05) is 18.2 Å². The fraction of sp³-hybridized carbons (Fsp3) is 0.360. The topological polar surface area (TPSA) is 80.5 Å². The smallest absolute Gasteiger partial charge is 0.419 e. The van der Waals surface area contributed by atoms with E-state index < -0.39 is 11.7 Å². The lowest BCUT2D eigenvalue weighted by Crippen LogP contribution is -2.29. The van der Waals surface area contributed by atoms with E-state index in [1.807, 2.05) is 63.2 Å². The fourth-order valence-corrected chi connectivity index (χ4v) is 3.79. The molecular weight excluding hydrogens is 424 g/mol. The first-order valence-electron chi connectivity index (χ1n) is 10.6. The highest BCUT2D eigenvalue weighted by Crippen LogP contribution is 2.41. The first kappa shape index (κ1) is 22.5. The molecule has 0 N–H and O–H groups in total. The largest absolute Gasteiger partial charge is 0.493 e. The van der Waals surface area contributed by atoms with Crippen LogP contribution < -0.4 is 14.2 Å². The molecule has 0 saturated carbocycles. The van der Waals surface area contributed by atoms with E-state index in [0.29, 0.717) is 35.4 Å². The van der Waals surface area contributed by atoms with E-state index in [1.165, 1.54) is 4.57 Å². The molecule has 2 aromatic carbocycles. The van der Waals surface area contributed by atoms with Crippen molar-refractivity contribution in [3.63, 3.8) is 0 Å². The standard InChI is InChI=1S/C25H28N2O6/c1-25(2,3)33-24(28)27-17-10-8-7-9-15(17)11-18(27)23-26-14-21(32-23)16-12-19(29-4)22(31-6)20(13-16)30-5/h7-13,21H,14H2,1-6H3. The maximum Gasteiger partial charge on any atom is 0.419 e. The van der Waals surface area contributed by atoms with Gasteiger partial charge in [0.2, 0.25) is 11.6 Å². The van der Waals surface area contributed by atoms with E-state index in [1.54, 1.807) is 21.3 Å². The Kier molecular flexibility index (Phi) is 5.93. The molecule has 0 spiro atoms. The number of ether oxygens (including phenoxy) is 5. The zero-order valence-electron chi connectivity index (χ0n) is 19.7. The van der Waals surface area contributed by atoms with Crippen molar-refractivity contribution in [2.24, 2.45) is 4.99 Å². The molecule has 0 saturated heterocycles. The lowest BCUT2D eigenvalue weighted by atomic mass is 10.1. The molecule has 8 nitrogen and oxygen atoms in total. The van der Waals surface area contributed by atoms with Crippen LogP contribution in [0, 0.1) is 0 Å². The van der Waals surface area contributed by atoms with Gasteiger partial charge in [-0.2, -0.15) is 0 Å². The van der Waals surface area contributed by atoms with Crippen molar-refractivity contribution in [2.45, 2.75) is 32.5 Å². The summed E-state index contributed by atoms with van der Waals surface area (Å²) in [6.07, 6.45) is -0.861. The van der Waals surface area contributed by atoms with E-state index in [9.17, 15) is 4.79 Å². The summed E-state index contributed by atoms with van der Waals surface area (Å²) >= 11 is 0. The highest BCUT2D eigenvalue weighted by atomic mass is 16.6. The Bertz CT molecular complexity index is 1200. The quantitative estimate of drug-likeness (QED) is 0.544. The molecular formula is C25H28N2O6. The third-order valence-electron chi connectivity index (χ3n) is 5.22. The Hall–Kier alpha value is -3.68. The minimum absolute atomic E-state index is 0.371. The second kappa shape index (κ2) is 8.69. The van der Waals surface area contributed by atoms with Gasteiger partial charge in [0.25, 0.3) is 0 Å². The lowest BCUT2D eigenvalue weighted by molar-refractivity contribution is 0.0542. The van der Waals surface area contributed by atoms with Crippen LogP contribution in [0.5, 0.6) is 17.2 Å².